The maximum absolute atomic E-state index is 14.9. The summed E-state index contributed by atoms with van der Waals surface area (Å²) in [6.45, 7) is 0. The number of aryl methyl sites for hydroxylation is 2. The Kier molecular flexibility index (Phi) is 9.07. The van der Waals surface area contributed by atoms with Crippen molar-refractivity contribution in [3.05, 3.63) is 119 Å². The molecule has 5 rings (SSSR count). The summed E-state index contributed by atoms with van der Waals surface area (Å²) in [6.07, 6.45) is 6.09. The second kappa shape index (κ2) is 13.5. The topological polar surface area (TPSA) is 202 Å². The molecule has 0 radical (unpaired) electrons. The monoisotopic (exact) mass is 628 g/mol. The molecule has 2 aromatic carbocycles. The average molecular weight is 629 g/mol. The average Bonchev–Trinajstić information content (AvgIpc) is 3.59. The SMILES string of the molecule is O=C(Nc1cc(CCCc2cc(NC(=O)c3ccc(-n4ccnc4)nn3)c(C(=O)O)cc2F)c(F)cc1C(=O)O)c1cccnn1. The minimum atomic E-state index is -1.49. The maximum atomic E-state index is 14.9. The Morgan fingerprint density at radius 3 is 1.78 bits per heavy atom. The number of aromatic carboxylic acids is 2. The van der Waals surface area contributed by atoms with E-state index in [-0.39, 0.29) is 53.2 Å². The van der Waals surface area contributed by atoms with Gasteiger partial charge in [-0.05, 0) is 78.9 Å². The number of carboxylic acid groups (broad SMARTS) is 2. The Bertz CT molecular complexity index is 1940. The van der Waals surface area contributed by atoms with E-state index in [0.29, 0.717) is 5.82 Å². The minimum absolute atomic E-state index is 0.0135. The van der Waals surface area contributed by atoms with Crippen LogP contribution < -0.4 is 10.6 Å². The fraction of sp³-hybridized carbons (Fsp3) is 0.100. The van der Waals surface area contributed by atoms with Crippen molar-refractivity contribution in [3.8, 4) is 5.82 Å². The Morgan fingerprint density at radius 2 is 1.33 bits per heavy atom. The molecule has 0 aliphatic rings. The molecule has 5 aromatic rings. The molecule has 0 aliphatic heterocycles. The number of anilines is 2. The molecule has 232 valence electrons. The number of nitrogens with one attached hydrogen (secondary N) is 2. The van der Waals surface area contributed by atoms with Crippen LogP contribution in [0.1, 0.15) is 59.2 Å². The van der Waals surface area contributed by atoms with Crippen LogP contribution in [0, 0.1) is 11.6 Å². The van der Waals surface area contributed by atoms with Crippen LogP contribution in [0.5, 0.6) is 0 Å². The number of amides is 2. The molecule has 46 heavy (non-hydrogen) atoms. The summed E-state index contributed by atoms with van der Waals surface area (Å²) < 4.78 is 31.4. The summed E-state index contributed by atoms with van der Waals surface area (Å²) >= 11 is 0. The van der Waals surface area contributed by atoms with E-state index in [1.54, 1.807) is 10.8 Å². The number of imidazole rings is 1. The molecular formula is C30H22F2N8O6. The number of aromatic nitrogens is 6. The van der Waals surface area contributed by atoms with E-state index in [2.05, 4.69) is 36.0 Å². The van der Waals surface area contributed by atoms with Gasteiger partial charge in [0.25, 0.3) is 11.8 Å². The first-order valence-corrected chi connectivity index (χ1v) is 13.4. The van der Waals surface area contributed by atoms with Gasteiger partial charge in [-0.25, -0.2) is 23.4 Å². The van der Waals surface area contributed by atoms with Crippen molar-refractivity contribution in [2.45, 2.75) is 19.3 Å². The van der Waals surface area contributed by atoms with Gasteiger partial charge in [-0.3, -0.25) is 14.2 Å². The molecule has 0 fully saturated rings. The zero-order chi connectivity index (χ0) is 32.8. The van der Waals surface area contributed by atoms with Crippen LogP contribution in [0.3, 0.4) is 0 Å². The third-order valence-corrected chi connectivity index (χ3v) is 6.68. The molecule has 0 spiro atoms. The molecule has 0 aliphatic carbocycles. The number of rotatable bonds is 11. The van der Waals surface area contributed by atoms with Crippen molar-refractivity contribution in [3.63, 3.8) is 0 Å². The molecule has 3 aromatic heterocycles. The molecule has 0 bridgehead atoms. The van der Waals surface area contributed by atoms with Crippen LogP contribution in [0.25, 0.3) is 5.82 Å². The van der Waals surface area contributed by atoms with Crippen molar-refractivity contribution in [1.82, 2.24) is 29.9 Å². The summed E-state index contributed by atoms with van der Waals surface area (Å²) in [7, 11) is 0. The van der Waals surface area contributed by atoms with Crippen LogP contribution in [0.4, 0.5) is 20.2 Å². The maximum Gasteiger partial charge on any atom is 0.337 e. The second-order valence-corrected chi connectivity index (χ2v) is 9.71. The highest BCUT2D eigenvalue weighted by atomic mass is 19.1. The van der Waals surface area contributed by atoms with E-state index in [1.807, 2.05) is 0 Å². The zero-order valence-corrected chi connectivity index (χ0v) is 23.5. The molecular weight excluding hydrogens is 606 g/mol. The lowest BCUT2D eigenvalue weighted by Gasteiger charge is -2.13. The zero-order valence-electron chi connectivity index (χ0n) is 23.5. The summed E-state index contributed by atoms with van der Waals surface area (Å²) in [6, 6.07) is 9.57. The number of hydrogen-bond donors (Lipinski definition) is 4. The molecule has 3 heterocycles. The predicted octanol–water partition coefficient (Wildman–Crippen LogP) is 3.81. The van der Waals surface area contributed by atoms with E-state index >= 15 is 0 Å². The molecule has 14 nitrogen and oxygen atoms in total. The van der Waals surface area contributed by atoms with Gasteiger partial charge >= 0.3 is 11.9 Å². The lowest BCUT2D eigenvalue weighted by molar-refractivity contribution is 0.0686. The molecule has 4 N–H and O–H groups in total. The number of carboxylic acids is 2. The fourth-order valence-electron chi connectivity index (χ4n) is 4.42. The van der Waals surface area contributed by atoms with E-state index in [0.717, 1.165) is 12.1 Å². The lowest BCUT2D eigenvalue weighted by Crippen LogP contribution is -2.18. The standard InChI is InChI=1S/C30H22F2N8O6/c31-20-13-18(29(43)44)24(35-27(41)22-5-2-8-34-37-22)11-16(20)3-1-4-17-12-25(19(30(45)46)14-21(17)32)36-28(42)23-6-7-26(39-38-23)40-10-9-33-15-40/h2,5-15H,1,3-4H2,(H,35,41)(H,36,42)(H,43,44)(H,45,46). The van der Waals surface area contributed by atoms with Gasteiger partial charge in [0.2, 0.25) is 0 Å². The van der Waals surface area contributed by atoms with Gasteiger partial charge in [0.1, 0.15) is 18.0 Å². The van der Waals surface area contributed by atoms with Gasteiger partial charge in [-0.1, -0.05) is 0 Å². The van der Waals surface area contributed by atoms with Crippen molar-refractivity contribution >= 4 is 35.1 Å². The van der Waals surface area contributed by atoms with Gasteiger partial charge < -0.3 is 20.8 Å². The van der Waals surface area contributed by atoms with Gasteiger partial charge in [-0.15, -0.1) is 15.3 Å². The van der Waals surface area contributed by atoms with Crippen LogP contribution >= 0.6 is 0 Å². The van der Waals surface area contributed by atoms with Crippen LogP contribution in [-0.2, 0) is 12.8 Å². The fourth-order valence-corrected chi connectivity index (χ4v) is 4.42. The molecule has 16 heteroatoms. The Balaban J connectivity index is 1.32. The van der Waals surface area contributed by atoms with E-state index < -0.39 is 46.5 Å². The van der Waals surface area contributed by atoms with Crippen molar-refractivity contribution in [1.29, 1.82) is 0 Å². The number of nitrogens with zero attached hydrogens (tertiary/aromatic N) is 6. The summed E-state index contributed by atoms with van der Waals surface area (Å²) in [4.78, 5) is 52.8. The molecule has 0 atom stereocenters. The number of benzene rings is 2. The Labute approximate surface area is 257 Å². The first-order valence-electron chi connectivity index (χ1n) is 13.4. The smallest absolute Gasteiger partial charge is 0.337 e. The van der Waals surface area contributed by atoms with Gasteiger partial charge in [0.15, 0.2) is 17.2 Å². The number of carbonyl (C=O) groups is 4. The third kappa shape index (κ3) is 7.02. The molecule has 0 unspecified atom stereocenters. The first kappa shape index (κ1) is 31.0. The summed E-state index contributed by atoms with van der Waals surface area (Å²) in [5, 5.41) is 39.0. The number of halogens is 2. The highest BCUT2D eigenvalue weighted by molar-refractivity contribution is 6.07. The largest absolute Gasteiger partial charge is 0.478 e. The number of hydrogen-bond acceptors (Lipinski definition) is 9. The molecule has 0 saturated heterocycles. The Morgan fingerprint density at radius 1 is 0.739 bits per heavy atom. The van der Waals surface area contributed by atoms with E-state index in [4.69, 9.17) is 0 Å². The lowest BCUT2D eigenvalue weighted by atomic mass is 9.99. The van der Waals surface area contributed by atoms with Gasteiger partial charge in [0.05, 0.1) is 22.5 Å². The molecule has 2 amide bonds. The van der Waals surface area contributed by atoms with E-state index in [1.165, 1.54) is 55.1 Å². The predicted molar refractivity (Wildman–Crippen MR) is 156 cm³/mol. The summed E-state index contributed by atoms with van der Waals surface area (Å²) in [5.74, 6) is -5.85. The van der Waals surface area contributed by atoms with Crippen molar-refractivity contribution in [2.24, 2.45) is 0 Å². The van der Waals surface area contributed by atoms with Gasteiger partial charge in [-0.2, -0.15) is 5.10 Å². The van der Waals surface area contributed by atoms with Crippen LogP contribution in [0.2, 0.25) is 0 Å². The molecule has 0 saturated carbocycles. The third-order valence-electron chi connectivity index (χ3n) is 6.68. The van der Waals surface area contributed by atoms with Gasteiger partial charge in [0, 0.05) is 18.6 Å². The summed E-state index contributed by atoms with van der Waals surface area (Å²) in [5.41, 5.74) is -1.52. The van der Waals surface area contributed by atoms with Crippen molar-refractivity contribution in [2.75, 3.05) is 10.6 Å². The second-order valence-electron chi connectivity index (χ2n) is 9.71. The van der Waals surface area contributed by atoms with Crippen LogP contribution in [0.15, 0.2) is 73.4 Å². The quantitative estimate of drug-likeness (QED) is 0.166. The highest BCUT2D eigenvalue weighted by Crippen LogP contribution is 2.26. The minimum Gasteiger partial charge on any atom is -0.478 e. The van der Waals surface area contributed by atoms with E-state index in [9.17, 15) is 38.2 Å². The first-order chi connectivity index (χ1) is 22.1. The van der Waals surface area contributed by atoms with Crippen molar-refractivity contribution < 1.29 is 38.2 Å². The van der Waals surface area contributed by atoms with Crippen LogP contribution in [-0.4, -0.2) is 63.9 Å². The number of carbonyl (C=O) groups excluding carboxylic acids is 2. The highest BCUT2D eigenvalue weighted by Gasteiger charge is 2.21. The normalized spacial score (nSPS) is 10.7. The Hall–Kier alpha value is -6.45.